The van der Waals surface area contributed by atoms with Crippen LogP contribution >= 0.6 is 0 Å². The van der Waals surface area contributed by atoms with Gasteiger partial charge in [-0.25, -0.2) is 0 Å². The minimum absolute atomic E-state index is 0.206. The summed E-state index contributed by atoms with van der Waals surface area (Å²) in [5, 5.41) is 0. The Balaban J connectivity index is 2.21. The van der Waals surface area contributed by atoms with Gasteiger partial charge in [-0.05, 0) is 48.9 Å². The van der Waals surface area contributed by atoms with E-state index in [1.54, 1.807) is 6.07 Å². The molecule has 0 saturated heterocycles. The highest BCUT2D eigenvalue weighted by Crippen LogP contribution is 2.41. The van der Waals surface area contributed by atoms with Gasteiger partial charge in [0.2, 0.25) is 0 Å². The van der Waals surface area contributed by atoms with Crippen molar-refractivity contribution in [3.63, 3.8) is 0 Å². The zero-order valence-electron chi connectivity index (χ0n) is 13.1. The first kappa shape index (κ1) is 16.1. The molecule has 0 aliphatic carbocycles. The van der Waals surface area contributed by atoms with E-state index in [0.717, 1.165) is 17.4 Å². The largest absolute Gasteiger partial charge is 0.416 e. The fourth-order valence-corrected chi connectivity index (χ4v) is 2.75. The van der Waals surface area contributed by atoms with Crippen LogP contribution in [-0.4, -0.2) is 0 Å². The van der Waals surface area contributed by atoms with Crippen molar-refractivity contribution in [3.8, 4) is 0 Å². The Labute approximate surface area is 139 Å². The van der Waals surface area contributed by atoms with Crippen LogP contribution in [0.2, 0.25) is 0 Å². The summed E-state index contributed by atoms with van der Waals surface area (Å²) in [7, 11) is 0. The molecule has 3 rings (SSSR count). The van der Waals surface area contributed by atoms with Crippen molar-refractivity contribution in [2.45, 2.75) is 13.1 Å². The topological polar surface area (TPSA) is 3.24 Å². The van der Waals surface area contributed by atoms with Crippen LogP contribution in [0.5, 0.6) is 0 Å². The fourth-order valence-electron chi connectivity index (χ4n) is 2.75. The number of hydrogen-bond donors (Lipinski definition) is 0. The van der Waals surface area contributed by atoms with Gasteiger partial charge < -0.3 is 4.90 Å². The highest BCUT2D eigenvalue weighted by Gasteiger charge is 2.33. The molecule has 0 fully saturated rings. The smallest absolute Gasteiger partial charge is 0.310 e. The Morgan fingerprint density at radius 3 is 1.62 bits per heavy atom. The van der Waals surface area contributed by atoms with E-state index in [9.17, 15) is 13.2 Å². The number of hydrogen-bond acceptors (Lipinski definition) is 1. The summed E-state index contributed by atoms with van der Waals surface area (Å²) in [6.45, 7) is 1.51. The number of halogens is 3. The Morgan fingerprint density at radius 2 is 1.17 bits per heavy atom. The molecule has 122 valence electrons. The Hall–Kier alpha value is -2.75. The van der Waals surface area contributed by atoms with E-state index >= 15 is 0 Å². The quantitative estimate of drug-likeness (QED) is 0.532. The van der Waals surface area contributed by atoms with E-state index in [4.69, 9.17) is 0 Å². The summed E-state index contributed by atoms with van der Waals surface area (Å²) in [4.78, 5) is 1.84. The number of benzene rings is 3. The first-order valence-corrected chi connectivity index (χ1v) is 7.55. The SMILES string of the molecule is Cc1c(N(c2ccccc2)c2ccccc2)cccc1C(F)(F)F. The first-order valence-electron chi connectivity index (χ1n) is 7.55. The maximum atomic E-state index is 13.3. The number of rotatable bonds is 3. The van der Waals surface area contributed by atoms with Crippen LogP contribution in [0.15, 0.2) is 78.9 Å². The van der Waals surface area contributed by atoms with Crippen molar-refractivity contribution < 1.29 is 13.2 Å². The number of para-hydroxylation sites is 2. The number of nitrogens with zero attached hydrogens (tertiary/aromatic N) is 1. The third kappa shape index (κ3) is 3.13. The van der Waals surface area contributed by atoms with Gasteiger partial charge in [-0.2, -0.15) is 13.2 Å². The lowest BCUT2D eigenvalue weighted by molar-refractivity contribution is -0.138. The van der Waals surface area contributed by atoms with Gasteiger partial charge >= 0.3 is 6.18 Å². The van der Waals surface area contributed by atoms with E-state index in [-0.39, 0.29) is 5.56 Å². The van der Waals surface area contributed by atoms with Gasteiger partial charge in [0.1, 0.15) is 0 Å². The molecule has 0 radical (unpaired) electrons. The van der Waals surface area contributed by atoms with Gasteiger partial charge in [0.25, 0.3) is 0 Å². The monoisotopic (exact) mass is 327 g/mol. The fraction of sp³-hybridized carbons (Fsp3) is 0.100. The molecule has 0 unspecified atom stereocenters. The maximum Gasteiger partial charge on any atom is 0.416 e. The second-order valence-corrected chi connectivity index (χ2v) is 5.45. The summed E-state index contributed by atoms with van der Waals surface area (Å²) < 4.78 is 39.8. The molecule has 0 aliphatic heterocycles. The zero-order chi connectivity index (χ0) is 17.2. The Bertz CT molecular complexity index is 772. The lowest BCUT2D eigenvalue weighted by atomic mass is 10.0. The van der Waals surface area contributed by atoms with Crippen molar-refractivity contribution in [1.29, 1.82) is 0 Å². The van der Waals surface area contributed by atoms with Gasteiger partial charge in [0.15, 0.2) is 0 Å². The molecule has 0 aliphatic rings. The molecule has 3 aromatic rings. The Kier molecular flexibility index (Phi) is 4.30. The van der Waals surface area contributed by atoms with Crippen molar-refractivity contribution in [2.75, 3.05) is 4.90 Å². The average molecular weight is 327 g/mol. The van der Waals surface area contributed by atoms with Gasteiger partial charge in [-0.15, -0.1) is 0 Å². The number of anilines is 3. The highest BCUT2D eigenvalue weighted by molar-refractivity contribution is 5.78. The molecular weight excluding hydrogens is 311 g/mol. The molecule has 0 aromatic heterocycles. The minimum Gasteiger partial charge on any atom is -0.310 e. The summed E-state index contributed by atoms with van der Waals surface area (Å²) >= 11 is 0. The van der Waals surface area contributed by atoms with Crippen LogP contribution in [0, 0.1) is 6.92 Å². The molecule has 0 atom stereocenters. The molecular formula is C20H16F3N. The van der Waals surface area contributed by atoms with E-state index < -0.39 is 11.7 Å². The standard InChI is InChI=1S/C20H16F3N/c1-15-18(20(21,22)23)13-8-14-19(15)24(16-9-4-2-5-10-16)17-11-6-3-7-12-17/h2-14H,1H3. The van der Waals surface area contributed by atoms with Gasteiger partial charge in [0, 0.05) is 17.1 Å². The first-order chi connectivity index (χ1) is 11.5. The molecule has 0 bridgehead atoms. The molecule has 3 aromatic carbocycles. The number of alkyl halides is 3. The Morgan fingerprint density at radius 1 is 0.667 bits per heavy atom. The van der Waals surface area contributed by atoms with Crippen LogP contribution in [-0.2, 0) is 6.18 Å². The van der Waals surface area contributed by atoms with Gasteiger partial charge in [-0.1, -0.05) is 42.5 Å². The van der Waals surface area contributed by atoms with Crippen LogP contribution in [0.3, 0.4) is 0 Å². The van der Waals surface area contributed by atoms with E-state index in [0.29, 0.717) is 5.69 Å². The normalized spacial score (nSPS) is 11.3. The lowest BCUT2D eigenvalue weighted by Gasteiger charge is -2.28. The van der Waals surface area contributed by atoms with Gasteiger partial charge in [0.05, 0.1) is 5.56 Å². The summed E-state index contributed by atoms with van der Waals surface area (Å²) in [5.41, 5.74) is 1.73. The van der Waals surface area contributed by atoms with E-state index in [1.807, 2.05) is 65.6 Å². The summed E-state index contributed by atoms with van der Waals surface area (Å²) in [6.07, 6.45) is -4.38. The van der Waals surface area contributed by atoms with Crippen molar-refractivity contribution in [1.82, 2.24) is 0 Å². The average Bonchev–Trinajstić information content (AvgIpc) is 2.58. The summed E-state index contributed by atoms with van der Waals surface area (Å²) in [6, 6.07) is 23.0. The molecule has 1 nitrogen and oxygen atoms in total. The predicted molar refractivity (Wildman–Crippen MR) is 90.9 cm³/mol. The third-order valence-corrected chi connectivity index (χ3v) is 3.88. The second-order valence-electron chi connectivity index (χ2n) is 5.45. The summed E-state index contributed by atoms with van der Waals surface area (Å²) in [5.74, 6) is 0. The van der Waals surface area contributed by atoms with Crippen molar-refractivity contribution in [2.24, 2.45) is 0 Å². The van der Waals surface area contributed by atoms with Crippen LogP contribution in [0.1, 0.15) is 11.1 Å². The van der Waals surface area contributed by atoms with Gasteiger partial charge in [-0.3, -0.25) is 0 Å². The molecule has 0 heterocycles. The molecule has 0 saturated carbocycles. The van der Waals surface area contributed by atoms with Crippen LogP contribution in [0.4, 0.5) is 30.2 Å². The van der Waals surface area contributed by atoms with Crippen LogP contribution in [0.25, 0.3) is 0 Å². The zero-order valence-corrected chi connectivity index (χ0v) is 13.1. The third-order valence-electron chi connectivity index (χ3n) is 3.88. The molecule has 0 amide bonds. The molecule has 4 heteroatoms. The van der Waals surface area contributed by atoms with E-state index in [2.05, 4.69) is 0 Å². The minimum atomic E-state index is -4.38. The van der Waals surface area contributed by atoms with Crippen molar-refractivity contribution in [3.05, 3.63) is 90.0 Å². The molecule has 0 N–H and O–H groups in total. The second kappa shape index (κ2) is 6.40. The molecule has 24 heavy (non-hydrogen) atoms. The lowest BCUT2D eigenvalue weighted by Crippen LogP contribution is -2.14. The van der Waals surface area contributed by atoms with E-state index in [1.165, 1.54) is 13.0 Å². The maximum absolute atomic E-state index is 13.3. The molecule has 0 spiro atoms. The highest BCUT2D eigenvalue weighted by atomic mass is 19.4. The van der Waals surface area contributed by atoms with Crippen LogP contribution < -0.4 is 4.90 Å². The van der Waals surface area contributed by atoms with Crippen molar-refractivity contribution >= 4 is 17.1 Å². The predicted octanol–water partition coefficient (Wildman–Crippen LogP) is 6.48.